The first-order valence-electron chi connectivity index (χ1n) is 6.60. The van der Waals surface area contributed by atoms with Crippen LogP contribution in [0.5, 0.6) is 11.5 Å². The zero-order valence-electron chi connectivity index (χ0n) is 12.0. The average molecular weight is 280 g/mol. The SMILES string of the molecule is COc1cc2cc(-c3ccccc3)c(N)nc2cc1OC. The monoisotopic (exact) mass is 280 g/mol. The van der Waals surface area contributed by atoms with Crippen molar-refractivity contribution in [1.29, 1.82) is 0 Å². The molecule has 0 fully saturated rings. The second-order valence-corrected chi connectivity index (χ2v) is 4.69. The number of benzene rings is 2. The number of ether oxygens (including phenoxy) is 2. The van der Waals surface area contributed by atoms with Crippen molar-refractivity contribution < 1.29 is 9.47 Å². The summed E-state index contributed by atoms with van der Waals surface area (Å²) < 4.78 is 10.6. The highest BCUT2D eigenvalue weighted by Crippen LogP contribution is 2.35. The molecule has 3 aromatic rings. The van der Waals surface area contributed by atoms with Crippen molar-refractivity contribution in [3.63, 3.8) is 0 Å². The Hall–Kier alpha value is -2.75. The van der Waals surface area contributed by atoms with Gasteiger partial charge in [-0.15, -0.1) is 0 Å². The molecule has 0 saturated heterocycles. The average Bonchev–Trinajstić information content (AvgIpc) is 2.53. The smallest absolute Gasteiger partial charge is 0.162 e. The molecule has 0 amide bonds. The molecule has 2 N–H and O–H groups in total. The molecule has 106 valence electrons. The normalized spacial score (nSPS) is 10.6. The van der Waals surface area contributed by atoms with Gasteiger partial charge in [-0.1, -0.05) is 30.3 Å². The molecule has 1 aromatic heterocycles. The third-order valence-corrected chi connectivity index (χ3v) is 3.43. The van der Waals surface area contributed by atoms with Crippen LogP contribution in [0.2, 0.25) is 0 Å². The van der Waals surface area contributed by atoms with Crippen molar-refractivity contribution in [3.05, 3.63) is 48.5 Å². The highest BCUT2D eigenvalue weighted by atomic mass is 16.5. The van der Waals surface area contributed by atoms with Gasteiger partial charge in [-0.2, -0.15) is 0 Å². The third kappa shape index (κ3) is 2.36. The molecule has 2 aromatic carbocycles. The first kappa shape index (κ1) is 13.2. The van der Waals surface area contributed by atoms with Crippen molar-refractivity contribution in [1.82, 2.24) is 4.98 Å². The van der Waals surface area contributed by atoms with Crippen molar-refractivity contribution in [2.45, 2.75) is 0 Å². The Morgan fingerprint density at radius 1 is 0.905 bits per heavy atom. The molecule has 0 bridgehead atoms. The zero-order valence-corrected chi connectivity index (χ0v) is 12.0. The largest absolute Gasteiger partial charge is 0.493 e. The maximum absolute atomic E-state index is 6.10. The minimum absolute atomic E-state index is 0.501. The number of rotatable bonds is 3. The number of hydrogen-bond donors (Lipinski definition) is 1. The van der Waals surface area contributed by atoms with Gasteiger partial charge in [0.25, 0.3) is 0 Å². The predicted molar refractivity (Wildman–Crippen MR) is 84.7 cm³/mol. The van der Waals surface area contributed by atoms with Gasteiger partial charge in [0.1, 0.15) is 5.82 Å². The van der Waals surface area contributed by atoms with E-state index in [1.165, 1.54) is 0 Å². The lowest BCUT2D eigenvalue weighted by Gasteiger charge is -2.11. The molecule has 0 saturated carbocycles. The molecule has 21 heavy (non-hydrogen) atoms. The van der Waals surface area contributed by atoms with E-state index in [-0.39, 0.29) is 0 Å². The van der Waals surface area contributed by atoms with Gasteiger partial charge >= 0.3 is 0 Å². The summed E-state index contributed by atoms with van der Waals surface area (Å²) in [7, 11) is 3.22. The summed E-state index contributed by atoms with van der Waals surface area (Å²) in [6, 6.07) is 15.7. The van der Waals surface area contributed by atoms with Gasteiger partial charge < -0.3 is 15.2 Å². The Labute approximate surface area is 123 Å². The van der Waals surface area contributed by atoms with Gasteiger partial charge in [-0.05, 0) is 17.7 Å². The Balaban J connectivity index is 2.23. The number of hydrogen-bond acceptors (Lipinski definition) is 4. The molecule has 3 rings (SSSR count). The fourth-order valence-electron chi connectivity index (χ4n) is 2.36. The fourth-order valence-corrected chi connectivity index (χ4v) is 2.36. The summed E-state index contributed by atoms with van der Waals surface area (Å²) in [4.78, 5) is 4.48. The first-order valence-corrected chi connectivity index (χ1v) is 6.60. The van der Waals surface area contributed by atoms with Gasteiger partial charge in [0, 0.05) is 17.0 Å². The van der Waals surface area contributed by atoms with Gasteiger partial charge in [-0.3, -0.25) is 0 Å². The summed E-state index contributed by atoms with van der Waals surface area (Å²) in [5.41, 5.74) is 8.83. The number of nitrogens with two attached hydrogens (primary N) is 1. The maximum Gasteiger partial charge on any atom is 0.162 e. The molecular formula is C17H16N2O2. The Morgan fingerprint density at radius 3 is 2.24 bits per heavy atom. The van der Waals surface area contributed by atoms with E-state index in [4.69, 9.17) is 15.2 Å². The van der Waals surface area contributed by atoms with E-state index < -0.39 is 0 Å². The number of methoxy groups -OCH3 is 2. The Morgan fingerprint density at radius 2 is 1.57 bits per heavy atom. The summed E-state index contributed by atoms with van der Waals surface area (Å²) in [6.07, 6.45) is 0. The van der Waals surface area contributed by atoms with E-state index in [0.717, 1.165) is 22.0 Å². The summed E-state index contributed by atoms with van der Waals surface area (Å²) >= 11 is 0. The molecule has 0 aliphatic rings. The van der Waals surface area contributed by atoms with Crippen molar-refractivity contribution in [3.8, 4) is 22.6 Å². The van der Waals surface area contributed by atoms with Crippen LogP contribution in [0.4, 0.5) is 5.82 Å². The quantitative estimate of drug-likeness (QED) is 0.797. The number of fused-ring (bicyclic) bond motifs is 1. The van der Waals surface area contributed by atoms with E-state index in [1.54, 1.807) is 14.2 Å². The van der Waals surface area contributed by atoms with E-state index in [9.17, 15) is 0 Å². The first-order chi connectivity index (χ1) is 10.2. The molecule has 0 radical (unpaired) electrons. The number of aromatic nitrogens is 1. The van der Waals surface area contributed by atoms with Crippen molar-refractivity contribution in [2.24, 2.45) is 0 Å². The second kappa shape index (κ2) is 5.32. The lowest BCUT2D eigenvalue weighted by Crippen LogP contribution is -1.97. The van der Waals surface area contributed by atoms with Crippen LogP contribution in [-0.4, -0.2) is 19.2 Å². The van der Waals surface area contributed by atoms with Crippen LogP contribution >= 0.6 is 0 Å². The zero-order chi connectivity index (χ0) is 14.8. The highest BCUT2D eigenvalue weighted by molar-refractivity contribution is 5.90. The van der Waals surface area contributed by atoms with E-state index in [1.807, 2.05) is 48.5 Å². The van der Waals surface area contributed by atoms with Gasteiger partial charge in [-0.25, -0.2) is 4.98 Å². The van der Waals surface area contributed by atoms with E-state index >= 15 is 0 Å². The highest BCUT2D eigenvalue weighted by Gasteiger charge is 2.10. The number of pyridine rings is 1. The third-order valence-electron chi connectivity index (χ3n) is 3.43. The molecule has 0 unspecified atom stereocenters. The van der Waals surface area contributed by atoms with Crippen molar-refractivity contribution in [2.75, 3.05) is 20.0 Å². The van der Waals surface area contributed by atoms with Crippen LogP contribution in [0.15, 0.2) is 48.5 Å². The number of nitrogen functional groups attached to an aromatic ring is 1. The topological polar surface area (TPSA) is 57.4 Å². The predicted octanol–water partition coefficient (Wildman–Crippen LogP) is 3.50. The van der Waals surface area contributed by atoms with Crippen LogP contribution in [0, 0.1) is 0 Å². The van der Waals surface area contributed by atoms with Gasteiger partial charge in [0.05, 0.1) is 19.7 Å². The molecule has 0 atom stereocenters. The molecule has 4 nitrogen and oxygen atoms in total. The second-order valence-electron chi connectivity index (χ2n) is 4.69. The van der Waals surface area contributed by atoms with Crippen LogP contribution < -0.4 is 15.2 Å². The Bertz CT molecular complexity index is 786. The Kier molecular flexibility index (Phi) is 3.36. The van der Waals surface area contributed by atoms with Crippen molar-refractivity contribution >= 4 is 16.7 Å². The van der Waals surface area contributed by atoms with Gasteiger partial charge in [0.2, 0.25) is 0 Å². The van der Waals surface area contributed by atoms with Crippen LogP contribution in [0.3, 0.4) is 0 Å². The molecule has 1 heterocycles. The number of nitrogens with zero attached hydrogens (tertiary/aromatic N) is 1. The molecule has 0 aliphatic heterocycles. The summed E-state index contributed by atoms with van der Waals surface area (Å²) in [5.74, 6) is 1.82. The van der Waals surface area contributed by atoms with E-state index in [2.05, 4.69) is 4.98 Å². The summed E-state index contributed by atoms with van der Waals surface area (Å²) in [5, 5.41) is 0.959. The van der Waals surface area contributed by atoms with E-state index in [0.29, 0.717) is 17.3 Å². The van der Waals surface area contributed by atoms with Gasteiger partial charge in [0.15, 0.2) is 11.5 Å². The molecule has 0 spiro atoms. The standard InChI is InChI=1S/C17H16N2O2/c1-20-15-9-12-8-13(11-6-4-3-5-7-11)17(18)19-14(12)10-16(15)21-2/h3-10H,1-2H3,(H2,18,19). The molecular weight excluding hydrogens is 264 g/mol. The maximum atomic E-state index is 6.10. The minimum atomic E-state index is 0.501. The lowest BCUT2D eigenvalue weighted by molar-refractivity contribution is 0.356. The van der Waals surface area contributed by atoms with Crippen LogP contribution in [-0.2, 0) is 0 Å². The summed E-state index contributed by atoms with van der Waals surface area (Å²) in [6.45, 7) is 0. The fraction of sp³-hybridized carbons (Fsp3) is 0.118. The minimum Gasteiger partial charge on any atom is -0.493 e. The van der Waals surface area contributed by atoms with Crippen LogP contribution in [0.25, 0.3) is 22.0 Å². The molecule has 0 aliphatic carbocycles. The lowest BCUT2D eigenvalue weighted by atomic mass is 10.0. The van der Waals surface area contributed by atoms with Crippen LogP contribution in [0.1, 0.15) is 0 Å². The molecule has 4 heteroatoms. The number of anilines is 1.